The standard InChI is InChI=1S/C27H30N2O5S/c1-19-13-15-20(16-14-19)35(31,32)29(23-10-6-8-12-25(23)33-4)18-26(30)28-22-17-27(2,3)34-24-11-7-5-9-21(22)24/h5-16,22H,17-18H2,1-4H3,(H,28,30). The highest BCUT2D eigenvalue weighted by Gasteiger charge is 2.36. The molecule has 7 nitrogen and oxygen atoms in total. The van der Waals surface area contributed by atoms with E-state index in [1.165, 1.54) is 7.11 Å². The maximum Gasteiger partial charge on any atom is 0.264 e. The van der Waals surface area contributed by atoms with Crippen molar-refractivity contribution in [3.05, 3.63) is 83.9 Å². The van der Waals surface area contributed by atoms with Crippen LogP contribution in [0.1, 0.15) is 37.4 Å². The van der Waals surface area contributed by atoms with Gasteiger partial charge in [0.05, 0.1) is 23.7 Å². The Bertz CT molecular complexity index is 1320. The quantitative estimate of drug-likeness (QED) is 0.518. The average Bonchev–Trinajstić information content (AvgIpc) is 2.82. The SMILES string of the molecule is COc1ccccc1N(CC(=O)NC1CC(C)(C)Oc2ccccc21)S(=O)(=O)c1ccc(C)cc1. The van der Waals surface area contributed by atoms with Crippen LogP contribution in [0.25, 0.3) is 0 Å². The van der Waals surface area contributed by atoms with Gasteiger partial charge in [0.25, 0.3) is 10.0 Å². The summed E-state index contributed by atoms with van der Waals surface area (Å²) in [6.07, 6.45) is 0.551. The number of rotatable bonds is 7. The fourth-order valence-corrected chi connectivity index (χ4v) is 5.71. The first kappa shape index (κ1) is 24.6. The lowest BCUT2D eigenvalue weighted by molar-refractivity contribution is -0.120. The van der Waals surface area contributed by atoms with Gasteiger partial charge in [-0.25, -0.2) is 8.42 Å². The summed E-state index contributed by atoms with van der Waals surface area (Å²) < 4.78 is 40.0. The van der Waals surface area contributed by atoms with Crippen molar-refractivity contribution in [2.75, 3.05) is 18.0 Å². The molecule has 1 heterocycles. The molecule has 0 aliphatic carbocycles. The van der Waals surface area contributed by atoms with Crippen LogP contribution in [0.15, 0.2) is 77.7 Å². The summed E-state index contributed by atoms with van der Waals surface area (Å²) in [7, 11) is -2.59. The second kappa shape index (κ2) is 9.62. The van der Waals surface area contributed by atoms with Gasteiger partial charge in [0, 0.05) is 12.0 Å². The number of fused-ring (bicyclic) bond motifs is 1. The Morgan fingerprint density at radius 1 is 1.06 bits per heavy atom. The summed E-state index contributed by atoms with van der Waals surface area (Å²) in [5, 5.41) is 3.04. The third-order valence-electron chi connectivity index (χ3n) is 5.96. The fraction of sp³-hybridized carbons (Fsp3) is 0.296. The minimum absolute atomic E-state index is 0.0966. The molecule has 1 amide bonds. The number of hydrogen-bond acceptors (Lipinski definition) is 5. The molecule has 4 rings (SSSR count). The highest BCUT2D eigenvalue weighted by molar-refractivity contribution is 7.92. The lowest BCUT2D eigenvalue weighted by Crippen LogP contribution is -2.45. The Morgan fingerprint density at radius 2 is 1.71 bits per heavy atom. The number of ether oxygens (including phenoxy) is 2. The summed E-state index contributed by atoms with van der Waals surface area (Å²) in [4.78, 5) is 13.4. The predicted octanol–water partition coefficient (Wildman–Crippen LogP) is 4.62. The van der Waals surface area contributed by atoms with Crippen molar-refractivity contribution in [1.82, 2.24) is 5.32 Å². The maximum absolute atomic E-state index is 13.7. The summed E-state index contributed by atoms with van der Waals surface area (Å²) in [5.41, 5.74) is 1.61. The van der Waals surface area contributed by atoms with E-state index < -0.39 is 28.1 Å². The van der Waals surface area contributed by atoms with Gasteiger partial charge in [0.15, 0.2) is 0 Å². The Kier molecular flexibility index (Phi) is 6.76. The molecule has 184 valence electrons. The van der Waals surface area contributed by atoms with Crippen molar-refractivity contribution in [3.63, 3.8) is 0 Å². The molecule has 1 unspecified atom stereocenters. The Morgan fingerprint density at radius 3 is 2.43 bits per heavy atom. The van der Waals surface area contributed by atoms with Gasteiger partial charge in [-0.05, 0) is 51.1 Å². The number of carbonyl (C=O) groups excluding carboxylic acids is 1. The number of aryl methyl sites for hydroxylation is 1. The first-order valence-corrected chi connectivity index (χ1v) is 12.8. The molecule has 0 bridgehead atoms. The Hall–Kier alpha value is -3.52. The first-order chi connectivity index (χ1) is 16.6. The largest absolute Gasteiger partial charge is 0.495 e. The van der Waals surface area contributed by atoms with Gasteiger partial charge in [-0.15, -0.1) is 0 Å². The molecule has 0 aromatic heterocycles. The summed E-state index contributed by atoms with van der Waals surface area (Å²) in [6, 6.07) is 20.6. The van der Waals surface area contributed by atoms with E-state index in [2.05, 4.69) is 5.32 Å². The molecule has 3 aromatic rings. The molecule has 1 aliphatic rings. The minimum atomic E-state index is -4.05. The van der Waals surface area contributed by atoms with Gasteiger partial charge in [0.1, 0.15) is 23.6 Å². The number of methoxy groups -OCH3 is 1. The van der Waals surface area contributed by atoms with Crippen LogP contribution in [0.5, 0.6) is 11.5 Å². The Labute approximate surface area is 206 Å². The summed E-state index contributed by atoms with van der Waals surface area (Å²) >= 11 is 0. The highest BCUT2D eigenvalue weighted by Crippen LogP contribution is 2.39. The number of nitrogens with one attached hydrogen (secondary N) is 1. The lowest BCUT2D eigenvalue weighted by Gasteiger charge is -2.38. The van der Waals surface area contributed by atoms with E-state index >= 15 is 0 Å². The molecular formula is C27H30N2O5S. The third kappa shape index (κ3) is 5.27. The van der Waals surface area contributed by atoms with Crippen molar-refractivity contribution in [3.8, 4) is 11.5 Å². The second-order valence-corrected chi connectivity index (χ2v) is 11.1. The molecule has 0 radical (unpaired) electrons. The molecule has 0 saturated heterocycles. The molecule has 8 heteroatoms. The zero-order valence-electron chi connectivity index (χ0n) is 20.3. The van der Waals surface area contributed by atoms with Gasteiger partial charge in [-0.2, -0.15) is 0 Å². The van der Waals surface area contributed by atoms with Crippen molar-refractivity contribution in [2.24, 2.45) is 0 Å². The van der Waals surface area contributed by atoms with Gasteiger partial charge >= 0.3 is 0 Å². The minimum Gasteiger partial charge on any atom is -0.495 e. The van der Waals surface area contributed by atoms with Crippen LogP contribution in [-0.4, -0.2) is 33.6 Å². The van der Waals surface area contributed by atoms with Crippen molar-refractivity contribution < 1.29 is 22.7 Å². The number of amides is 1. The molecule has 0 fully saturated rings. The molecule has 1 aliphatic heterocycles. The van der Waals surface area contributed by atoms with E-state index in [0.29, 0.717) is 23.6 Å². The molecule has 3 aromatic carbocycles. The van der Waals surface area contributed by atoms with Gasteiger partial charge in [-0.1, -0.05) is 48.0 Å². The van der Waals surface area contributed by atoms with Gasteiger partial charge < -0.3 is 14.8 Å². The number of benzene rings is 3. The molecular weight excluding hydrogens is 464 g/mol. The molecule has 0 spiro atoms. The van der Waals surface area contributed by atoms with E-state index in [0.717, 1.165) is 15.4 Å². The van der Waals surface area contributed by atoms with Crippen LogP contribution in [0.3, 0.4) is 0 Å². The van der Waals surface area contributed by atoms with Crippen LogP contribution in [-0.2, 0) is 14.8 Å². The second-order valence-electron chi connectivity index (χ2n) is 9.22. The van der Waals surface area contributed by atoms with Crippen molar-refractivity contribution in [1.29, 1.82) is 0 Å². The fourth-order valence-electron chi connectivity index (χ4n) is 4.27. The van der Waals surface area contributed by atoms with E-state index in [1.807, 2.05) is 45.0 Å². The Balaban J connectivity index is 1.68. The first-order valence-electron chi connectivity index (χ1n) is 11.4. The van der Waals surface area contributed by atoms with E-state index in [1.54, 1.807) is 48.5 Å². The number of carbonyl (C=O) groups is 1. The number of anilines is 1. The summed E-state index contributed by atoms with van der Waals surface area (Å²) in [5.74, 6) is 0.639. The molecule has 35 heavy (non-hydrogen) atoms. The average molecular weight is 495 g/mol. The third-order valence-corrected chi connectivity index (χ3v) is 7.74. The smallest absolute Gasteiger partial charge is 0.264 e. The lowest BCUT2D eigenvalue weighted by atomic mass is 9.89. The molecule has 1 atom stereocenters. The topological polar surface area (TPSA) is 84.9 Å². The van der Waals surface area contributed by atoms with Gasteiger partial charge in [-0.3, -0.25) is 9.10 Å². The monoisotopic (exact) mass is 494 g/mol. The number of hydrogen-bond donors (Lipinski definition) is 1. The highest BCUT2D eigenvalue weighted by atomic mass is 32.2. The number of sulfonamides is 1. The zero-order valence-corrected chi connectivity index (χ0v) is 21.1. The van der Waals surface area contributed by atoms with E-state index in [4.69, 9.17) is 9.47 Å². The van der Waals surface area contributed by atoms with Crippen LogP contribution >= 0.6 is 0 Å². The van der Waals surface area contributed by atoms with Gasteiger partial charge in [0.2, 0.25) is 5.91 Å². The van der Waals surface area contributed by atoms with Crippen LogP contribution in [0.2, 0.25) is 0 Å². The van der Waals surface area contributed by atoms with Crippen molar-refractivity contribution >= 4 is 21.6 Å². The zero-order chi connectivity index (χ0) is 25.2. The predicted molar refractivity (Wildman–Crippen MR) is 135 cm³/mol. The normalized spacial score (nSPS) is 16.5. The van der Waals surface area contributed by atoms with Crippen LogP contribution < -0.4 is 19.1 Å². The molecule has 0 saturated carbocycles. The maximum atomic E-state index is 13.7. The molecule has 1 N–H and O–H groups in total. The summed E-state index contributed by atoms with van der Waals surface area (Å²) in [6.45, 7) is 5.40. The van der Waals surface area contributed by atoms with E-state index in [9.17, 15) is 13.2 Å². The van der Waals surface area contributed by atoms with Crippen molar-refractivity contribution in [2.45, 2.75) is 43.7 Å². The number of nitrogens with zero attached hydrogens (tertiary/aromatic N) is 1. The van der Waals surface area contributed by atoms with Crippen LogP contribution in [0, 0.1) is 6.92 Å². The van der Waals surface area contributed by atoms with E-state index in [-0.39, 0.29) is 10.9 Å². The van der Waals surface area contributed by atoms with Crippen LogP contribution in [0.4, 0.5) is 5.69 Å². The number of para-hydroxylation sites is 3.